The maximum absolute atomic E-state index is 13.3. The molecule has 3 N–H and O–H groups in total. The Kier molecular flexibility index (Phi) is 3.39. The number of pyridine rings is 1. The number of hydrogen-bond acceptors (Lipinski definition) is 4. The topological polar surface area (TPSA) is 87.9 Å². The van der Waals surface area contributed by atoms with E-state index in [-0.39, 0.29) is 17.2 Å². The molecule has 108 valence electrons. The van der Waals surface area contributed by atoms with Crippen LogP contribution in [-0.2, 0) is 17.8 Å². The fourth-order valence-corrected chi connectivity index (χ4v) is 2.37. The number of hydrogen-bond donors (Lipinski definition) is 2. The highest BCUT2D eigenvalue weighted by Crippen LogP contribution is 2.20. The van der Waals surface area contributed by atoms with E-state index in [1.165, 1.54) is 24.5 Å². The third-order valence-electron chi connectivity index (χ3n) is 3.46. The SMILES string of the molecule is N/C=C(/C(=O)N1CCc2nc[nH]c2C1)c1cc(F)ccn1. The Bertz CT molecular complexity index is 709. The van der Waals surface area contributed by atoms with E-state index in [2.05, 4.69) is 15.0 Å². The number of aromatic amines is 1. The molecule has 0 atom stereocenters. The van der Waals surface area contributed by atoms with Gasteiger partial charge < -0.3 is 15.6 Å². The largest absolute Gasteiger partial charge is 0.404 e. The predicted molar refractivity (Wildman–Crippen MR) is 74.1 cm³/mol. The number of aromatic nitrogens is 3. The van der Waals surface area contributed by atoms with Crippen molar-refractivity contribution in [3.63, 3.8) is 0 Å². The highest BCUT2D eigenvalue weighted by Gasteiger charge is 2.25. The minimum atomic E-state index is -0.457. The number of nitrogens with two attached hydrogens (primary N) is 1. The molecule has 1 aliphatic rings. The molecule has 1 amide bonds. The number of imidazole rings is 1. The second-order valence-electron chi connectivity index (χ2n) is 4.74. The summed E-state index contributed by atoms with van der Waals surface area (Å²) < 4.78 is 13.3. The van der Waals surface area contributed by atoms with Gasteiger partial charge in [0, 0.05) is 31.4 Å². The fourth-order valence-electron chi connectivity index (χ4n) is 2.37. The lowest BCUT2D eigenvalue weighted by Crippen LogP contribution is -2.36. The first-order chi connectivity index (χ1) is 10.2. The standard InChI is InChI=1S/C14H14FN5O/c15-9-1-3-17-12(5-9)10(6-16)14(21)20-4-2-11-13(7-20)19-8-18-11/h1,3,5-6,8H,2,4,7,16H2,(H,18,19)/b10-6+. The summed E-state index contributed by atoms with van der Waals surface area (Å²) in [7, 11) is 0. The molecule has 1 aliphatic heterocycles. The fraction of sp³-hybridized carbons (Fsp3) is 0.214. The van der Waals surface area contributed by atoms with Crippen molar-refractivity contribution in [2.45, 2.75) is 13.0 Å². The zero-order chi connectivity index (χ0) is 14.8. The van der Waals surface area contributed by atoms with Crippen LogP contribution in [0.25, 0.3) is 5.57 Å². The Morgan fingerprint density at radius 1 is 1.48 bits per heavy atom. The first-order valence-corrected chi connectivity index (χ1v) is 6.53. The van der Waals surface area contributed by atoms with Crippen LogP contribution in [-0.4, -0.2) is 32.3 Å². The third-order valence-corrected chi connectivity index (χ3v) is 3.46. The van der Waals surface area contributed by atoms with E-state index in [4.69, 9.17) is 5.73 Å². The Hall–Kier alpha value is -2.70. The van der Waals surface area contributed by atoms with Gasteiger partial charge in [0.05, 0.1) is 35.5 Å². The number of rotatable bonds is 2. The number of nitrogens with one attached hydrogen (secondary N) is 1. The molecule has 6 nitrogen and oxygen atoms in total. The van der Waals surface area contributed by atoms with Gasteiger partial charge in [0.25, 0.3) is 5.91 Å². The molecule has 3 rings (SSSR count). The Morgan fingerprint density at radius 3 is 3.10 bits per heavy atom. The average molecular weight is 287 g/mol. The van der Waals surface area contributed by atoms with Crippen LogP contribution >= 0.6 is 0 Å². The average Bonchev–Trinajstić information content (AvgIpc) is 2.95. The summed E-state index contributed by atoms with van der Waals surface area (Å²) >= 11 is 0. The molecule has 0 saturated heterocycles. The summed E-state index contributed by atoms with van der Waals surface area (Å²) in [6, 6.07) is 2.42. The van der Waals surface area contributed by atoms with Gasteiger partial charge in [0.2, 0.25) is 0 Å². The van der Waals surface area contributed by atoms with Crippen LogP contribution in [0.3, 0.4) is 0 Å². The summed E-state index contributed by atoms with van der Waals surface area (Å²) in [5.74, 6) is -0.725. The van der Waals surface area contributed by atoms with Crippen molar-refractivity contribution in [1.82, 2.24) is 19.9 Å². The van der Waals surface area contributed by atoms with Crippen LogP contribution in [0.4, 0.5) is 4.39 Å². The molecule has 0 unspecified atom stereocenters. The minimum absolute atomic E-state index is 0.192. The number of amides is 1. The second-order valence-corrected chi connectivity index (χ2v) is 4.74. The van der Waals surface area contributed by atoms with E-state index in [0.29, 0.717) is 19.5 Å². The van der Waals surface area contributed by atoms with Crippen LogP contribution < -0.4 is 5.73 Å². The molecule has 0 aliphatic carbocycles. The molecule has 2 aromatic rings. The molecule has 7 heteroatoms. The summed E-state index contributed by atoms with van der Waals surface area (Å²) in [5.41, 5.74) is 7.86. The minimum Gasteiger partial charge on any atom is -0.404 e. The van der Waals surface area contributed by atoms with Crippen molar-refractivity contribution in [3.05, 3.63) is 53.8 Å². The first-order valence-electron chi connectivity index (χ1n) is 6.53. The van der Waals surface area contributed by atoms with E-state index >= 15 is 0 Å². The van der Waals surface area contributed by atoms with Crippen molar-refractivity contribution >= 4 is 11.5 Å². The number of fused-ring (bicyclic) bond motifs is 1. The van der Waals surface area contributed by atoms with Crippen molar-refractivity contribution in [2.75, 3.05) is 6.54 Å². The van der Waals surface area contributed by atoms with Gasteiger partial charge in [-0.3, -0.25) is 9.78 Å². The number of nitrogens with zero attached hydrogens (tertiary/aromatic N) is 3. The van der Waals surface area contributed by atoms with Gasteiger partial charge in [-0.15, -0.1) is 0 Å². The molecule has 0 fully saturated rings. The molecular formula is C14H14FN5O. The van der Waals surface area contributed by atoms with E-state index in [9.17, 15) is 9.18 Å². The summed E-state index contributed by atoms with van der Waals surface area (Å²) in [6.45, 7) is 0.976. The van der Waals surface area contributed by atoms with Gasteiger partial charge in [0.1, 0.15) is 5.82 Å². The molecule has 21 heavy (non-hydrogen) atoms. The predicted octanol–water partition coefficient (Wildman–Crippen LogP) is 0.828. The highest BCUT2D eigenvalue weighted by atomic mass is 19.1. The Labute approximate surface area is 120 Å². The molecular weight excluding hydrogens is 273 g/mol. The zero-order valence-electron chi connectivity index (χ0n) is 11.2. The molecule has 0 spiro atoms. The highest BCUT2D eigenvalue weighted by molar-refractivity contribution is 6.18. The second kappa shape index (κ2) is 5.35. The van der Waals surface area contributed by atoms with Gasteiger partial charge in [0.15, 0.2) is 0 Å². The molecule has 0 radical (unpaired) electrons. The summed E-state index contributed by atoms with van der Waals surface area (Å²) in [6.07, 6.45) is 4.78. The lowest BCUT2D eigenvalue weighted by molar-refractivity contribution is -0.126. The van der Waals surface area contributed by atoms with Gasteiger partial charge in [-0.2, -0.15) is 0 Å². The van der Waals surface area contributed by atoms with E-state index in [0.717, 1.165) is 11.4 Å². The van der Waals surface area contributed by atoms with Crippen molar-refractivity contribution in [2.24, 2.45) is 5.73 Å². The number of carbonyl (C=O) groups excluding carboxylic acids is 1. The van der Waals surface area contributed by atoms with Crippen molar-refractivity contribution in [1.29, 1.82) is 0 Å². The van der Waals surface area contributed by atoms with Crippen molar-refractivity contribution in [3.8, 4) is 0 Å². The first kappa shape index (κ1) is 13.3. The van der Waals surface area contributed by atoms with Crippen LogP contribution in [0.2, 0.25) is 0 Å². The number of carbonyl (C=O) groups is 1. The monoisotopic (exact) mass is 287 g/mol. The van der Waals surface area contributed by atoms with E-state index < -0.39 is 5.82 Å². The van der Waals surface area contributed by atoms with Gasteiger partial charge in [-0.1, -0.05) is 0 Å². The number of H-pyrrole nitrogens is 1. The normalized spacial score (nSPS) is 14.9. The van der Waals surface area contributed by atoms with Crippen molar-refractivity contribution < 1.29 is 9.18 Å². The summed E-state index contributed by atoms with van der Waals surface area (Å²) in [5, 5.41) is 0. The quantitative estimate of drug-likeness (QED) is 0.801. The van der Waals surface area contributed by atoms with E-state index in [1.807, 2.05) is 0 Å². The molecule has 2 aromatic heterocycles. The van der Waals surface area contributed by atoms with Crippen LogP contribution in [0.15, 0.2) is 30.9 Å². The van der Waals surface area contributed by atoms with Gasteiger partial charge >= 0.3 is 0 Å². The summed E-state index contributed by atoms with van der Waals surface area (Å²) in [4.78, 5) is 25.4. The lowest BCUT2D eigenvalue weighted by Gasteiger charge is -2.27. The Morgan fingerprint density at radius 2 is 2.33 bits per heavy atom. The van der Waals surface area contributed by atoms with Crippen LogP contribution in [0.5, 0.6) is 0 Å². The molecule has 0 saturated carbocycles. The van der Waals surface area contributed by atoms with Gasteiger partial charge in [-0.05, 0) is 6.07 Å². The maximum atomic E-state index is 13.3. The zero-order valence-corrected chi connectivity index (χ0v) is 11.2. The third kappa shape index (κ3) is 2.49. The van der Waals surface area contributed by atoms with Crippen LogP contribution in [0, 0.1) is 5.82 Å². The Balaban J connectivity index is 1.84. The lowest BCUT2D eigenvalue weighted by atomic mass is 10.1. The molecule has 0 aromatic carbocycles. The van der Waals surface area contributed by atoms with E-state index in [1.54, 1.807) is 11.2 Å². The molecule has 3 heterocycles. The van der Waals surface area contributed by atoms with Crippen LogP contribution in [0.1, 0.15) is 17.1 Å². The van der Waals surface area contributed by atoms with Gasteiger partial charge in [-0.25, -0.2) is 9.37 Å². The smallest absolute Gasteiger partial charge is 0.257 e. The number of halogens is 1. The maximum Gasteiger partial charge on any atom is 0.257 e. The molecule has 0 bridgehead atoms.